The number of aryl methyl sites for hydroxylation is 1. The van der Waals surface area contributed by atoms with Crippen molar-refractivity contribution in [3.05, 3.63) is 58.2 Å². The molecule has 0 bridgehead atoms. The van der Waals surface area contributed by atoms with Crippen molar-refractivity contribution in [2.45, 2.75) is 19.9 Å². The Kier molecular flexibility index (Phi) is 6.80. The number of Topliss-reactive ketones (excluding diaryl/α,β-unsaturated/α-hetero) is 1. The Morgan fingerprint density at radius 1 is 1.21 bits per heavy atom. The van der Waals surface area contributed by atoms with Crippen molar-refractivity contribution >= 4 is 23.4 Å². The maximum atomic E-state index is 13.2. The predicted octanol–water partition coefficient (Wildman–Crippen LogP) is 1.57. The van der Waals surface area contributed by atoms with E-state index in [0.29, 0.717) is 48.7 Å². The van der Waals surface area contributed by atoms with Gasteiger partial charge in [-0.1, -0.05) is 0 Å². The summed E-state index contributed by atoms with van der Waals surface area (Å²) < 4.78 is 10.2. The molecule has 2 aliphatic heterocycles. The maximum absolute atomic E-state index is 13.2. The first-order valence-corrected chi connectivity index (χ1v) is 11.1. The number of nitrogens with zero attached hydrogens (tertiary/aromatic N) is 3. The number of rotatable bonds is 6. The lowest BCUT2D eigenvalue weighted by Crippen LogP contribution is -2.42. The standard InChI is InChI=1S/C24H28N4O6/c1-14-17(15(2)26-19(14)24(32)33-3)21(29)18-20(16-4-6-25-7-5-16)28(23(31)22(18)30)9-8-27-10-12-34-13-11-27/h4-7,20,26,29H,8-13H2,1-3H3/b21-18+. The Hall–Kier alpha value is -3.50. The highest BCUT2D eigenvalue weighted by Crippen LogP contribution is 2.40. The van der Waals surface area contributed by atoms with Crippen molar-refractivity contribution < 1.29 is 29.0 Å². The number of ketones is 1. The summed E-state index contributed by atoms with van der Waals surface area (Å²) in [5.74, 6) is -2.34. The summed E-state index contributed by atoms with van der Waals surface area (Å²) in [5, 5.41) is 11.4. The van der Waals surface area contributed by atoms with Gasteiger partial charge in [0, 0.05) is 49.8 Å². The Morgan fingerprint density at radius 2 is 1.88 bits per heavy atom. The lowest BCUT2D eigenvalue weighted by Gasteiger charge is -2.31. The van der Waals surface area contributed by atoms with Crippen LogP contribution < -0.4 is 0 Å². The van der Waals surface area contributed by atoms with E-state index in [1.807, 2.05) is 0 Å². The van der Waals surface area contributed by atoms with E-state index >= 15 is 0 Å². The van der Waals surface area contributed by atoms with Gasteiger partial charge in [-0.15, -0.1) is 0 Å². The summed E-state index contributed by atoms with van der Waals surface area (Å²) in [5.41, 5.74) is 2.07. The zero-order chi connectivity index (χ0) is 24.4. The van der Waals surface area contributed by atoms with E-state index in [1.54, 1.807) is 38.4 Å². The number of amides is 1. The summed E-state index contributed by atoms with van der Waals surface area (Å²) in [6, 6.07) is 2.67. The van der Waals surface area contributed by atoms with Crippen molar-refractivity contribution in [2.24, 2.45) is 0 Å². The molecule has 1 atom stereocenters. The number of pyridine rings is 1. The van der Waals surface area contributed by atoms with Crippen molar-refractivity contribution in [3.63, 3.8) is 0 Å². The molecule has 2 N–H and O–H groups in total. The second-order valence-corrected chi connectivity index (χ2v) is 8.34. The molecular formula is C24H28N4O6. The molecule has 1 unspecified atom stereocenters. The number of hydrogen-bond donors (Lipinski definition) is 2. The third-order valence-corrected chi connectivity index (χ3v) is 6.39. The number of carbonyl (C=O) groups excluding carboxylic acids is 3. The molecule has 0 aromatic carbocycles. The smallest absolute Gasteiger partial charge is 0.354 e. The summed E-state index contributed by atoms with van der Waals surface area (Å²) >= 11 is 0. The van der Waals surface area contributed by atoms with Crippen LogP contribution in [0.25, 0.3) is 5.76 Å². The number of ether oxygens (including phenoxy) is 2. The van der Waals surface area contributed by atoms with E-state index in [0.717, 1.165) is 13.1 Å². The predicted molar refractivity (Wildman–Crippen MR) is 122 cm³/mol. The second-order valence-electron chi connectivity index (χ2n) is 8.34. The molecule has 10 nitrogen and oxygen atoms in total. The number of likely N-dealkylation sites (tertiary alicyclic amines) is 1. The SMILES string of the molecule is COC(=O)c1[nH]c(C)c(/C(O)=C2\C(=O)C(=O)N(CCN3CCOCC3)C2c2ccncc2)c1C. The summed E-state index contributed by atoms with van der Waals surface area (Å²) in [6.07, 6.45) is 3.17. The third-order valence-electron chi connectivity index (χ3n) is 6.39. The first-order valence-electron chi connectivity index (χ1n) is 11.1. The van der Waals surface area contributed by atoms with Crippen LogP contribution >= 0.6 is 0 Å². The fourth-order valence-corrected chi connectivity index (χ4v) is 4.62. The zero-order valence-corrected chi connectivity index (χ0v) is 19.5. The molecule has 180 valence electrons. The van der Waals surface area contributed by atoms with E-state index < -0.39 is 23.7 Å². The van der Waals surface area contributed by atoms with Crippen LogP contribution in [0.1, 0.15) is 38.9 Å². The average molecular weight is 469 g/mol. The number of aromatic amines is 1. The van der Waals surface area contributed by atoms with E-state index in [1.165, 1.54) is 12.0 Å². The van der Waals surface area contributed by atoms with E-state index in [2.05, 4.69) is 14.9 Å². The number of aromatic nitrogens is 2. The van der Waals surface area contributed by atoms with Gasteiger partial charge in [0.25, 0.3) is 11.7 Å². The number of methoxy groups -OCH3 is 1. The van der Waals surface area contributed by atoms with Gasteiger partial charge in [0.05, 0.1) is 31.9 Å². The minimum atomic E-state index is -0.778. The number of carbonyl (C=O) groups is 3. The zero-order valence-electron chi connectivity index (χ0n) is 19.5. The topological polar surface area (TPSA) is 125 Å². The summed E-state index contributed by atoms with van der Waals surface area (Å²) in [7, 11) is 1.26. The monoisotopic (exact) mass is 468 g/mol. The number of aliphatic hydroxyl groups excluding tert-OH is 1. The lowest BCUT2D eigenvalue weighted by atomic mass is 9.94. The van der Waals surface area contributed by atoms with Gasteiger partial charge < -0.3 is 24.5 Å². The number of nitrogens with one attached hydrogen (secondary N) is 1. The maximum Gasteiger partial charge on any atom is 0.354 e. The first-order chi connectivity index (χ1) is 16.3. The quantitative estimate of drug-likeness (QED) is 0.283. The largest absolute Gasteiger partial charge is 0.507 e. The van der Waals surface area contributed by atoms with Crippen molar-refractivity contribution in [3.8, 4) is 0 Å². The highest BCUT2D eigenvalue weighted by atomic mass is 16.5. The van der Waals surface area contributed by atoms with Gasteiger partial charge in [-0.25, -0.2) is 4.79 Å². The molecule has 0 spiro atoms. The molecule has 2 aromatic heterocycles. The molecule has 4 rings (SSSR count). The molecule has 2 aromatic rings. The van der Waals surface area contributed by atoms with Crippen LogP contribution in [0.15, 0.2) is 30.1 Å². The minimum absolute atomic E-state index is 0.0141. The third kappa shape index (κ3) is 4.22. The van der Waals surface area contributed by atoms with Crippen LogP contribution in [0, 0.1) is 13.8 Å². The van der Waals surface area contributed by atoms with E-state index in [9.17, 15) is 19.5 Å². The molecule has 0 saturated carbocycles. The molecular weight excluding hydrogens is 440 g/mol. The average Bonchev–Trinajstić information content (AvgIpc) is 3.30. The van der Waals surface area contributed by atoms with Gasteiger partial charge in [0.15, 0.2) is 0 Å². The van der Waals surface area contributed by atoms with Crippen LogP contribution in [0.3, 0.4) is 0 Å². The Bertz CT molecular complexity index is 1130. The minimum Gasteiger partial charge on any atom is -0.507 e. The van der Waals surface area contributed by atoms with Gasteiger partial charge in [-0.05, 0) is 37.1 Å². The molecule has 1 amide bonds. The molecule has 2 fully saturated rings. The molecule has 34 heavy (non-hydrogen) atoms. The van der Waals surface area contributed by atoms with E-state index in [-0.39, 0.29) is 17.0 Å². The fourth-order valence-electron chi connectivity index (χ4n) is 4.62. The van der Waals surface area contributed by atoms with E-state index in [4.69, 9.17) is 9.47 Å². The summed E-state index contributed by atoms with van der Waals surface area (Å²) in [6.45, 7) is 6.98. The molecule has 0 radical (unpaired) electrons. The number of morpholine rings is 1. The second kappa shape index (κ2) is 9.78. The summed E-state index contributed by atoms with van der Waals surface area (Å²) in [4.78, 5) is 49.1. The van der Waals surface area contributed by atoms with Gasteiger partial charge >= 0.3 is 5.97 Å². The normalized spacial score (nSPS) is 20.7. The van der Waals surface area contributed by atoms with Gasteiger partial charge in [-0.2, -0.15) is 0 Å². The lowest BCUT2D eigenvalue weighted by molar-refractivity contribution is -0.140. The number of H-pyrrole nitrogens is 1. The molecule has 2 saturated heterocycles. The van der Waals surface area contributed by atoms with Crippen LogP contribution in [-0.2, 0) is 19.1 Å². The molecule has 4 heterocycles. The highest BCUT2D eigenvalue weighted by Gasteiger charge is 2.46. The van der Waals surface area contributed by atoms with Crippen molar-refractivity contribution in [2.75, 3.05) is 46.5 Å². The molecule has 2 aliphatic rings. The number of hydrogen-bond acceptors (Lipinski definition) is 8. The van der Waals surface area contributed by atoms with Crippen LogP contribution in [0.5, 0.6) is 0 Å². The Labute approximate surface area is 197 Å². The first kappa shape index (κ1) is 23.7. The van der Waals surface area contributed by atoms with Gasteiger partial charge in [0.1, 0.15) is 11.5 Å². The van der Waals surface area contributed by atoms with Crippen LogP contribution in [0.2, 0.25) is 0 Å². The van der Waals surface area contributed by atoms with Gasteiger partial charge in [0.2, 0.25) is 0 Å². The number of aliphatic hydroxyl groups is 1. The van der Waals surface area contributed by atoms with Crippen LogP contribution in [-0.4, -0.2) is 89.0 Å². The number of esters is 1. The van der Waals surface area contributed by atoms with Crippen LogP contribution in [0.4, 0.5) is 0 Å². The van der Waals surface area contributed by atoms with Gasteiger partial charge in [-0.3, -0.25) is 19.5 Å². The Morgan fingerprint density at radius 3 is 2.53 bits per heavy atom. The highest BCUT2D eigenvalue weighted by molar-refractivity contribution is 6.46. The fraction of sp³-hybridized carbons (Fsp3) is 0.417. The van der Waals surface area contributed by atoms with Crippen molar-refractivity contribution in [1.29, 1.82) is 0 Å². The molecule has 0 aliphatic carbocycles. The van der Waals surface area contributed by atoms with Crippen molar-refractivity contribution in [1.82, 2.24) is 19.8 Å². The Balaban J connectivity index is 1.78. The molecule has 10 heteroatoms.